The molecule has 0 saturated carbocycles. The molecule has 0 unspecified atom stereocenters. The molecule has 0 spiro atoms. The van der Waals surface area contributed by atoms with Gasteiger partial charge in [-0.05, 0) is 49.6 Å². The SMILES string of the molecule is CCCNCc1cc(-c2cn(CCC)nc2C)ccc1Cl. The van der Waals surface area contributed by atoms with Crippen LogP contribution in [-0.4, -0.2) is 16.3 Å². The molecule has 1 aromatic heterocycles. The van der Waals surface area contributed by atoms with Gasteiger partial charge in [0.05, 0.1) is 5.69 Å². The third-order valence-electron chi connectivity index (χ3n) is 3.50. The highest BCUT2D eigenvalue weighted by molar-refractivity contribution is 6.31. The van der Waals surface area contributed by atoms with Crippen molar-refractivity contribution in [2.45, 2.75) is 46.7 Å². The molecule has 1 aromatic carbocycles. The lowest BCUT2D eigenvalue weighted by Crippen LogP contribution is -2.14. The monoisotopic (exact) mass is 305 g/mol. The molecule has 0 bridgehead atoms. The number of nitrogens with one attached hydrogen (secondary N) is 1. The number of hydrogen-bond acceptors (Lipinski definition) is 2. The molecule has 114 valence electrons. The maximum absolute atomic E-state index is 6.30. The van der Waals surface area contributed by atoms with Crippen molar-refractivity contribution >= 4 is 11.6 Å². The summed E-state index contributed by atoms with van der Waals surface area (Å²) in [6.07, 6.45) is 4.35. The second kappa shape index (κ2) is 7.62. The van der Waals surface area contributed by atoms with Gasteiger partial charge < -0.3 is 5.32 Å². The van der Waals surface area contributed by atoms with Crippen LogP contribution in [0.2, 0.25) is 5.02 Å². The number of aromatic nitrogens is 2. The van der Waals surface area contributed by atoms with Gasteiger partial charge in [0, 0.05) is 29.9 Å². The Morgan fingerprint density at radius 3 is 2.76 bits per heavy atom. The first-order chi connectivity index (χ1) is 10.2. The molecule has 0 saturated heterocycles. The quantitative estimate of drug-likeness (QED) is 0.767. The van der Waals surface area contributed by atoms with E-state index in [1.165, 1.54) is 11.1 Å². The molecule has 0 aliphatic rings. The fraction of sp³-hybridized carbons (Fsp3) is 0.471. The van der Waals surface area contributed by atoms with Crippen LogP contribution in [0.5, 0.6) is 0 Å². The van der Waals surface area contributed by atoms with Gasteiger partial charge in [0.1, 0.15) is 0 Å². The van der Waals surface area contributed by atoms with Gasteiger partial charge in [-0.1, -0.05) is 31.5 Å². The fourth-order valence-electron chi connectivity index (χ4n) is 2.42. The van der Waals surface area contributed by atoms with E-state index < -0.39 is 0 Å². The Bertz CT molecular complexity index is 590. The van der Waals surface area contributed by atoms with E-state index in [4.69, 9.17) is 11.6 Å². The van der Waals surface area contributed by atoms with Gasteiger partial charge in [-0.2, -0.15) is 5.10 Å². The maximum atomic E-state index is 6.30. The molecule has 0 amide bonds. The second-order valence-corrected chi connectivity index (χ2v) is 5.78. The maximum Gasteiger partial charge on any atom is 0.0672 e. The van der Waals surface area contributed by atoms with Gasteiger partial charge in [-0.25, -0.2) is 0 Å². The molecule has 1 heterocycles. The zero-order valence-corrected chi connectivity index (χ0v) is 13.9. The van der Waals surface area contributed by atoms with Crippen molar-refractivity contribution in [2.75, 3.05) is 6.54 Å². The molecular weight excluding hydrogens is 282 g/mol. The molecular formula is C17H24ClN3. The van der Waals surface area contributed by atoms with Crippen molar-refractivity contribution in [3.8, 4) is 11.1 Å². The van der Waals surface area contributed by atoms with E-state index in [0.29, 0.717) is 0 Å². The standard InChI is InChI=1S/C17H24ClN3/c1-4-8-19-11-15-10-14(6-7-17(15)18)16-12-21(9-5-2)20-13(16)3/h6-7,10,12,19H,4-5,8-9,11H2,1-3H3. The largest absolute Gasteiger partial charge is 0.313 e. The van der Waals surface area contributed by atoms with E-state index in [9.17, 15) is 0 Å². The molecule has 21 heavy (non-hydrogen) atoms. The molecule has 0 radical (unpaired) electrons. The predicted molar refractivity (Wildman–Crippen MR) is 89.7 cm³/mol. The Balaban J connectivity index is 2.25. The van der Waals surface area contributed by atoms with Crippen molar-refractivity contribution < 1.29 is 0 Å². The fourth-order valence-corrected chi connectivity index (χ4v) is 2.61. The molecule has 2 aromatic rings. The van der Waals surface area contributed by atoms with Gasteiger partial charge in [-0.3, -0.25) is 4.68 Å². The summed E-state index contributed by atoms with van der Waals surface area (Å²) >= 11 is 6.30. The molecule has 0 aliphatic carbocycles. The number of halogens is 1. The lowest BCUT2D eigenvalue weighted by molar-refractivity contribution is 0.598. The summed E-state index contributed by atoms with van der Waals surface area (Å²) in [7, 11) is 0. The average molecular weight is 306 g/mol. The number of benzene rings is 1. The normalized spacial score (nSPS) is 11.0. The number of nitrogens with zero attached hydrogens (tertiary/aromatic N) is 2. The van der Waals surface area contributed by atoms with Crippen LogP contribution < -0.4 is 5.32 Å². The van der Waals surface area contributed by atoms with E-state index in [-0.39, 0.29) is 0 Å². The first kappa shape index (κ1) is 16.1. The zero-order valence-electron chi connectivity index (χ0n) is 13.1. The highest BCUT2D eigenvalue weighted by Gasteiger charge is 2.09. The summed E-state index contributed by atoms with van der Waals surface area (Å²) in [5.41, 5.74) is 4.59. The van der Waals surface area contributed by atoms with E-state index >= 15 is 0 Å². The molecule has 0 aliphatic heterocycles. The number of aryl methyl sites for hydroxylation is 2. The summed E-state index contributed by atoms with van der Waals surface area (Å²) in [6.45, 7) is 9.16. The van der Waals surface area contributed by atoms with Crippen LogP contribution in [0.3, 0.4) is 0 Å². The Labute approximate surface area is 132 Å². The number of rotatable bonds is 7. The summed E-state index contributed by atoms with van der Waals surface area (Å²) in [5, 5.41) is 8.80. The van der Waals surface area contributed by atoms with Crippen LogP contribution in [0.1, 0.15) is 37.9 Å². The Hall–Kier alpha value is -1.32. The Morgan fingerprint density at radius 2 is 2.05 bits per heavy atom. The van der Waals surface area contributed by atoms with Crippen LogP contribution in [0, 0.1) is 6.92 Å². The van der Waals surface area contributed by atoms with Crippen molar-refractivity contribution in [1.82, 2.24) is 15.1 Å². The molecule has 3 nitrogen and oxygen atoms in total. The molecule has 2 rings (SSSR count). The summed E-state index contributed by atoms with van der Waals surface area (Å²) in [4.78, 5) is 0. The van der Waals surface area contributed by atoms with Crippen molar-refractivity contribution in [3.63, 3.8) is 0 Å². The van der Waals surface area contributed by atoms with Crippen LogP contribution in [0.15, 0.2) is 24.4 Å². The van der Waals surface area contributed by atoms with E-state index in [1.54, 1.807) is 0 Å². The topological polar surface area (TPSA) is 29.9 Å². The van der Waals surface area contributed by atoms with Gasteiger partial charge in [0.2, 0.25) is 0 Å². The van der Waals surface area contributed by atoms with Crippen molar-refractivity contribution in [3.05, 3.63) is 40.7 Å². The zero-order chi connectivity index (χ0) is 15.2. The van der Waals surface area contributed by atoms with E-state index in [1.807, 2.05) is 10.7 Å². The molecule has 0 atom stereocenters. The van der Waals surface area contributed by atoms with E-state index in [2.05, 4.69) is 49.5 Å². The molecule has 0 fully saturated rings. The number of hydrogen-bond donors (Lipinski definition) is 1. The van der Waals surface area contributed by atoms with Crippen molar-refractivity contribution in [2.24, 2.45) is 0 Å². The third-order valence-corrected chi connectivity index (χ3v) is 3.87. The predicted octanol–water partition coefficient (Wildman–Crippen LogP) is 4.42. The summed E-state index contributed by atoms with van der Waals surface area (Å²) < 4.78 is 2.02. The van der Waals surface area contributed by atoms with Crippen molar-refractivity contribution in [1.29, 1.82) is 0 Å². The van der Waals surface area contributed by atoms with Gasteiger partial charge in [0.15, 0.2) is 0 Å². The third kappa shape index (κ3) is 4.08. The van der Waals surface area contributed by atoms with Crippen LogP contribution in [-0.2, 0) is 13.1 Å². The Kier molecular flexibility index (Phi) is 5.83. The Morgan fingerprint density at radius 1 is 1.24 bits per heavy atom. The summed E-state index contributed by atoms with van der Waals surface area (Å²) in [5.74, 6) is 0. The van der Waals surface area contributed by atoms with Gasteiger partial charge in [0.25, 0.3) is 0 Å². The first-order valence-corrected chi connectivity index (χ1v) is 8.07. The lowest BCUT2D eigenvalue weighted by Gasteiger charge is -2.08. The minimum absolute atomic E-state index is 0.808. The minimum Gasteiger partial charge on any atom is -0.313 e. The molecule has 4 heteroatoms. The van der Waals surface area contributed by atoms with E-state index in [0.717, 1.165) is 48.8 Å². The van der Waals surface area contributed by atoms with Crippen LogP contribution in [0.25, 0.3) is 11.1 Å². The minimum atomic E-state index is 0.808. The van der Waals surface area contributed by atoms with Gasteiger partial charge >= 0.3 is 0 Å². The highest BCUT2D eigenvalue weighted by Crippen LogP contribution is 2.27. The smallest absolute Gasteiger partial charge is 0.0672 e. The second-order valence-electron chi connectivity index (χ2n) is 5.37. The average Bonchev–Trinajstić information content (AvgIpc) is 2.82. The highest BCUT2D eigenvalue weighted by atomic mass is 35.5. The molecule has 1 N–H and O–H groups in total. The first-order valence-electron chi connectivity index (χ1n) is 7.69. The van der Waals surface area contributed by atoms with Crippen LogP contribution >= 0.6 is 11.6 Å². The van der Waals surface area contributed by atoms with Gasteiger partial charge in [-0.15, -0.1) is 0 Å². The lowest BCUT2D eigenvalue weighted by atomic mass is 10.0. The van der Waals surface area contributed by atoms with Crippen LogP contribution in [0.4, 0.5) is 0 Å². The summed E-state index contributed by atoms with van der Waals surface area (Å²) in [6, 6.07) is 6.23.